The summed E-state index contributed by atoms with van der Waals surface area (Å²) < 4.78 is 7.58. The van der Waals surface area contributed by atoms with E-state index in [1.165, 1.54) is 27.7 Å². The highest BCUT2D eigenvalue weighted by Crippen LogP contribution is 2.26. The number of benzene rings is 1. The van der Waals surface area contributed by atoms with Crippen molar-refractivity contribution in [3.8, 4) is 0 Å². The number of nitrogens with one attached hydrogen (secondary N) is 1. The van der Waals surface area contributed by atoms with Crippen LogP contribution in [0.15, 0.2) is 18.2 Å². The number of aryl methyl sites for hydroxylation is 2. The van der Waals surface area contributed by atoms with Crippen molar-refractivity contribution < 1.29 is 4.74 Å². The van der Waals surface area contributed by atoms with Crippen molar-refractivity contribution in [2.75, 3.05) is 20.8 Å². The van der Waals surface area contributed by atoms with Crippen LogP contribution in [0, 0.1) is 13.8 Å². The lowest BCUT2D eigenvalue weighted by Gasteiger charge is -2.08. The van der Waals surface area contributed by atoms with Gasteiger partial charge in [0.1, 0.15) is 0 Å². The zero-order valence-corrected chi connectivity index (χ0v) is 13.1. The Balaban J connectivity index is 2.28. The Kier molecular flexibility index (Phi) is 5.21. The first-order valence-electron chi connectivity index (χ1n) is 7.41. The van der Waals surface area contributed by atoms with Gasteiger partial charge in [-0.1, -0.05) is 6.07 Å². The number of hydrogen-bond donors (Lipinski definition) is 1. The minimum absolute atomic E-state index is 0.851. The zero-order valence-electron chi connectivity index (χ0n) is 13.1. The van der Waals surface area contributed by atoms with Gasteiger partial charge in [0.15, 0.2) is 0 Å². The summed E-state index contributed by atoms with van der Waals surface area (Å²) in [6.07, 6.45) is 2.28. The lowest BCUT2D eigenvalue weighted by Crippen LogP contribution is -2.05. The largest absolute Gasteiger partial charge is 0.385 e. The van der Waals surface area contributed by atoms with Crippen LogP contribution in [0.2, 0.25) is 0 Å². The summed E-state index contributed by atoms with van der Waals surface area (Å²) in [4.78, 5) is 0. The molecule has 0 atom stereocenters. The first kappa shape index (κ1) is 15.1. The van der Waals surface area contributed by atoms with E-state index in [9.17, 15) is 0 Å². The van der Waals surface area contributed by atoms with Gasteiger partial charge < -0.3 is 14.6 Å². The van der Waals surface area contributed by atoms with Gasteiger partial charge in [-0.05, 0) is 57.0 Å². The summed E-state index contributed by atoms with van der Waals surface area (Å²) >= 11 is 0. The van der Waals surface area contributed by atoms with E-state index in [1.54, 1.807) is 7.11 Å². The van der Waals surface area contributed by atoms with E-state index in [4.69, 9.17) is 4.74 Å². The smallest absolute Gasteiger partial charge is 0.0485 e. The molecule has 3 heteroatoms. The lowest BCUT2D eigenvalue weighted by atomic mass is 10.1. The number of aromatic nitrogens is 1. The van der Waals surface area contributed by atoms with Gasteiger partial charge in [0, 0.05) is 43.4 Å². The zero-order chi connectivity index (χ0) is 14.5. The summed E-state index contributed by atoms with van der Waals surface area (Å²) in [6.45, 7) is 7.30. The van der Waals surface area contributed by atoms with Crippen LogP contribution in [0.5, 0.6) is 0 Å². The number of nitrogens with zero attached hydrogens (tertiary/aromatic N) is 1. The van der Waals surface area contributed by atoms with Crippen LogP contribution >= 0.6 is 0 Å². The maximum absolute atomic E-state index is 5.13. The Morgan fingerprint density at radius 2 is 2.00 bits per heavy atom. The van der Waals surface area contributed by atoms with Gasteiger partial charge in [-0.2, -0.15) is 0 Å². The second kappa shape index (κ2) is 6.91. The molecule has 0 amide bonds. The van der Waals surface area contributed by atoms with Crippen LogP contribution in [0.25, 0.3) is 10.9 Å². The molecule has 0 saturated carbocycles. The highest BCUT2D eigenvalue weighted by atomic mass is 16.5. The third kappa shape index (κ3) is 3.05. The Morgan fingerprint density at radius 1 is 1.20 bits per heavy atom. The minimum atomic E-state index is 0.851. The van der Waals surface area contributed by atoms with E-state index >= 15 is 0 Å². The van der Waals surface area contributed by atoms with E-state index in [0.717, 1.165) is 32.5 Å². The molecule has 0 bridgehead atoms. The second-order valence-corrected chi connectivity index (χ2v) is 5.44. The first-order chi connectivity index (χ1) is 9.69. The van der Waals surface area contributed by atoms with Crippen molar-refractivity contribution >= 4 is 10.9 Å². The Labute approximate surface area is 121 Å². The van der Waals surface area contributed by atoms with Crippen molar-refractivity contribution in [3.05, 3.63) is 35.0 Å². The second-order valence-electron chi connectivity index (χ2n) is 5.44. The molecule has 1 N–H and O–H groups in total. The normalized spacial score (nSPS) is 11.4. The standard InChI is InChI=1S/C17H26N2O/c1-13-14(2)19(9-5-6-10-20-4)17-8-7-15(12-18-3)11-16(13)17/h7-8,11,18H,5-6,9-10,12H2,1-4H3. The summed E-state index contributed by atoms with van der Waals surface area (Å²) in [6, 6.07) is 6.81. The van der Waals surface area contributed by atoms with Crippen LogP contribution in [0.1, 0.15) is 29.7 Å². The maximum atomic E-state index is 5.13. The SMILES string of the molecule is CNCc1ccc2c(c1)c(C)c(C)n2CCCCOC. The summed E-state index contributed by atoms with van der Waals surface area (Å²) in [5.74, 6) is 0. The average molecular weight is 274 g/mol. The monoisotopic (exact) mass is 274 g/mol. The third-order valence-electron chi connectivity index (χ3n) is 4.06. The molecule has 1 aromatic heterocycles. The summed E-state index contributed by atoms with van der Waals surface area (Å²) in [7, 11) is 3.76. The molecule has 0 saturated heterocycles. The molecule has 2 rings (SSSR count). The quantitative estimate of drug-likeness (QED) is 0.783. The van der Waals surface area contributed by atoms with Gasteiger partial charge >= 0.3 is 0 Å². The minimum Gasteiger partial charge on any atom is -0.385 e. The molecule has 1 aromatic carbocycles. The molecule has 1 heterocycles. The Bertz CT molecular complexity index is 572. The number of fused-ring (bicyclic) bond motifs is 1. The fourth-order valence-corrected chi connectivity index (χ4v) is 2.82. The molecule has 0 aliphatic carbocycles. The van der Waals surface area contributed by atoms with Crippen molar-refractivity contribution in [1.29, 1.82) is 0 Å². The third-order valence-corrected chi connectivity index (χ3v) is 4.06. The van der Waals surface area contributed by atoms with Gasteiger partial charge in [-0.3, -0.25) is 0 Å². The molecule has 2 aromatic rings. The van der Waals surface area contributed by atoms with Gasteiger partial charge in [0.2, 0.25) is 0 Å². The fraction of sp³-hybridized carbons (Fsp3) is 0.529. The van der Waals surface area contributed by atoms with E-state index in [-0.39, 0.29) is 0 Å². The van der Waals surface area contributed by atoms with Crippen LogP contribution in [-0.2, 0) is 17.8 Å². The predicted molar refractivity (Wildman–Crippen MR) is 85.3 cm³/mol. The first-order valence-corrected chi connectivity index (χ1v) is 7.41. The highest BCUT2D eigenvalue weighted by Gasteiger charge is 2.10. The van der Waals surface area contributed by atoms with Crippen LogP contribution in [-0.4, -0.2) is 25.3 Å². The number of ether oxygens (including phenoxy) is 1. The number of methoxy groups -OCH3 is 1. The molecule has 0 aliphatic heterocycles. The number of rotatable bonds is 7. The molecule has 3 nitrogen and oxygen atoms in total. The molecule has 20 heavy (non-hydrogen) atoms. The van der Waals surface area contributed by atoms with Gasteiger partial charge in [0.05, 0.1) is 0 Å². The maximum Gasteiger partial charge on any atom is 0.0485 e. The molecular weight excluding hydrogens is 248 g/mol. The fourth-order valence-electron chi connectivity index (χ4n) is 2.82. The predicted octanol–water partition coefficient (Wildman–Crippen LogP) is 3.40. The Hall–Kier alpha value is -1.32. The van der Waals surface area contributed by atoms with Crippen molar-refractivity contribution in [2.45, 2.75) is 39.8 Å². The summed E-state index contributed by atoms with van der Waals surface area (Å²) in [5, 5.41) is 4.61. The highest BCUT2D eigenvalue weighted by molar-refractivity contribution is 5.86. The lowest BCUT2D eigenvalue weighted by molar-refractivity contribution is 0.191. The molecule has 110 valence electrons. The van der Waals surface area contributed by atoms with Crippen LogP contribution < -0.4 is 5.32 Å². The van der Waals surface area contributed by atoms with Gasteiger partial charge in [-0.15, -0.1) is 0 Å². The molecule has 0 aliphatic rings. The van der Waals surface area contributed by atoms with E-state index in [2.05, 4.69) is 41.9 Å². The van der Waals surface area contributed by atoms with E-state index in [0.29, 0.717) is 0 Å². The van der Waals surface area contributed by atoms with Crippen LogP contribution in [0.4, 0.5) is 0 Å². The molecule has 0 spiro atoms. The number of hydrogen-bond acceptors (Lipinski definition) is 2. The molecule has 0 fully saturated rings. The summed E-state index contributed by atoms with van der Waals surface area (Å²) in [5.41, 5.74) is 5.50. The average Bonchev–Trinajstić information content (AvgIpc) is 2.68. The van der Waals surface area contributed by atoms with Gasteiger partial charge in [-0.25, -0.2) is 0 Å². The topological polar surface area (TPSA) is 26.2 Å². The molecule has 0 radical (unpaired) electrons. The van der Waals surface area contributed by atoms with E-state index < -0.39 is 0 Å². The van der Waals surface area contributed by atoms with Crippen molar-refractivity contribution in [1.82, 2.24) is 9.88 Å². The van der Waals surface area contributed by atoms with Crippen LogP contribution in [0.3, 0.4) is 0 Å². The van der Waals surface area contributed by atoms with E-state index in [1.807, 2.05) is 7.05 Å². The molecule has 0 unspecified atom stereocenters. The molecular formula is C17H26N2O. The van der Waals surface area contributed by atoms with Crippen molar-refractivity contribution in [3.63, 3.8) is 0 Å². The Morgan fingerprint density at radius 3 is 2.70 bits per heavy atom. The van der Waals surface area contributed by atoms with Gasteiger partial charge in [0.25, 0.3) is 0 Å². The number of unbranched alkanes of at least 4 members (excludes halogenated alkanes) is 1. The van der Waals surface area contributed by atoms with Crippen molar-refractivity contribution in [2.24, 2.45) is 0 Å².